The molecule has 1 atom stereocenters. The van der Waals surface area contributed by atoms with E-state index in [1.807, 2.05) is 35.2 Å². The summed E-state index contributed by atoms with van der Waals surface area (Å²) < 4.78 is 13.2. The Kier molecular flexibility index (Phi) is 3.73. The van der Waals surface area contributed by atoms with Crippen LogP contribution in [0.5, 0.6) is 0 Å². The number of carbonyl (C=O) groups excluding carboxylic acids is 1. The maximum atomic E-state index is 13.2. The topological polar surface area (TPSA) is 33.2 Å². The van der Waals surface area contributed by atoms with Crippen molar-refractivity contribution < 1.29 is 9.18 Å². The quantitative estimate of drug-likeness (QED) is 0.703. The van der Waals surface area contributed by atoms with Gasteiger partial charge < -0.3 is 4.90 Å². The number of nitrogens with zero attached hydrogens (tertiary/aromatic N) is 2. The number of halogens is 1. The maximum Gasteiger partial charge on any atom is 0.256 e. The van der Waals surface area contributed by atoms with Crippen LogP contribution in [0.4, 0.5) is 4.39 Å². The number of benzene rings is 2. The lowest BCUT2D eigenvalue weighted by Gasteiger charge is -2.25. The molecule has 0 aliphatic carbocycles. The van der Waals surface area contributed by atoms with Crippen molar-refractivity contribution in [2.45, 2.75) is 18.9 Å². The summed E-state index contributed by atoms with van der Waals surface area (Å²) in [4.78, 5) is 19.4. The molecule has 120 valence electrons. The fraction of sp³-hybridized carbons (Fsp3) is 0.200. The maximum absolute atomic E-state index is 13.2. The summed E-state index contributed by atoms with van der Waals surface area (Å²) in [5.41, 5.74) is 2.34. The molecule has 3 nitrogen and oxygen atoms in total. The molecule has 0 radical (unpaired) electrons. The molecule has 24 heavy (non-hydrogen) atoms. The van der Waals surface area contributed by atoms with Crippen molar-refractivity contribution in [3.8, 4) is 0 Å². The molecule has 0 spiro atoms. The average Bonchev–Trinajstić information content (AvgIpc) is 3.11. The first-order chi connectivity index (χ1) is 11.7. The van der Waals surface area contributed by atoms with E-state index in [9.17, 15) is 9.18 Å². The Hall–Kier alpha value is -2.75. The van der Waals surface area contributed by atoms with E-state index >= 15 is 0 Å². The highest BCUT2D eigenvalue weighted by Gasteiger charge is 2.31. The van der Waals surface area contributed by atoms with E-state index in [1.165, 1.54) is 12.1 Å². The van der Waals surface area contributed by atoms with Crippen molar-refractivity contribution in [3.05, 3.63) is 77.7 Å². The molecule has 1 amide bonds. The van der Waals surface area contributed by atoms with Gasteiger partial charge in [-0.25, -0.2) is 4.39 Å². The van der Waals surface area contributed by atoms with E-state index in [4.69, 9.17) is 0 Å². The summed E-state index contributed by atoms with van der Waals surface area (Å²) in [6, 6.07) is 16.0. The van der Waals surface area contributed by atoms with Crippen LogP contribution in [-0.2, 0) is 0 Å². The third kappa shape index (κ3) is 2.54. The SMILES string of the molecule is O=C(c1cccc2cccnc12)N1CCCC1c1ccc(F)cc1. The lowest BCUT2D eigenvalue weighted by atomic mass is 10.0. The first-order valence-electron chi connectivity index (χ1n) is 8.14. The molecule has 0 N–H and O–H groups in total. The molecule has 1 unspecified atom stereocenters. The predicted molar refractivity (Wildman–Crippen MR) is 91.2 cm³/mol. The highest BCUT2D eigenvalue weighted by atomic mass is 19.1. The Morgan fingerprint density at radius 1 is 1.08 bits per heavy atom. The summed E-state index contributed by atoms with van der Waals surface area (Å²) in [5, 5.41) is 0.959. The second-order valence-corrected chi connectivity index (χ2v) is 6.09. The molecule has 1 fully saturated rings. The Labute approximate surface area is 139 Å². The van der Waals surface area contributed by atoms with Gasteiger partial charge in [-0.15, -0.1) is 0 Å². The van der Waals surface area contributed by atoms with Crippen molar-refractivity contribution >= 4 is 16.8 Å². The fourth-order valence-corrected chi connectivity index (χ4v) is 3.47. The van der Waals surface area contributed by atoms with Crippen molar-refractivity contribution in [3.63, 3.8) is 0 Å². The van der Waals surface area contributed by atoms with Gasteiger partial charge in [0.2, 0.25) is 0 Å². The summed E-state index contributed by atoms with van der Waals surface area (Å²) in [7, 11) is 0. The van der Waals surface area contributed by atoms with E-state index in [0.29, 0.717) is 12.1 Å². The Morgan fingerprint density at radius 2 is 1.88 bits per heavy atom. The largest absolute Gasteiger partial charge is 0.332 e. The first kappa shape index (κ1) is 14.8. The fourth-order valence-electron chi connectivity index (χ4n) is 3.47. The van der Waals surface area contributed by atoms with E-state index < -0.39 is 0 Å². The molecule has 0 bridgehead atoms. The first-order valence-corrected chi connectivity index (χ1v) is 8.14. The van der Waals surface area contributed by atoms with Gasteiger partial charge in [0.05, 0.1) is 17.1 Å². The van der Waals surface area contributed by atoms with Gasteiger partial charge in [0.25, 0.3) is 5.91 Å². The minimum absolute atomic E-state index is 0.00271. The van der Waals surface area contributed by atoms with Gasteiger partial charge in [0, 0.05) is 18.1 Å². The number of pyridine rings is 1. The highest BCUT2D eigenvalue weighted by Crippen LogP contribution is 2.34. The average molecular weight is 320 g/mol. The molecule has 1 aromatic heterocycles. The number of hydrogen-bond donors (Lipinski definition) is 0. The zero-order valence-corrected chi connectivity index (χ0v) is 13.2. The van der Waals surface area contributed by atoms with Crippen LogP contribution in [-0.4, -0.2) is 22.3 Å². The number of likely N-dealkylation sites (tertiary alicyclic amines) is 1. The molecule has 1 saturated heterocycles. The molecular formula is C20H17FN2O. The summed E-state index contributed by atoms with van der Waals surface area (Å²) in [5.74, 6) is -0.265. The van der Waals surface area contributed by atoms with Gasteiger partial charge in [-0.05, 0) is 42.7 Å². The third-order valence-electron chi connectivity index (χ3n) is 4.63. The Morgan fingerprint density at radius 3 is 2.71 bits per heavy atom. The van der Waals surface area contributed by atoms with Gasteiger partial charge in [-0.2, -0.15) is 0 Å². The van der Waals surface area contributed by atoms with Crippen LogP contribution in [0.25, 0.3) is 10.9 Å². The number of carbonyl (C=O) groups is 1. The molecule has 4 heteroatoms. The van der Waals surface area contributed by atoms with Crippen LogP contribution < -0.4 is 0 Å². The smallest absolute Gasteiger partial charge is 0.256 e. The van der Waals surface area contributed by atoms with Crippen molar-refractivity contribution in [2.75, 3.05) is 6.54 Å². The second-order valence-electron chi connectivity index (χ2n) is 6.09. The van der Waals surface area contributed by atoms with E-state index in [2.05, 4.69) is 4.98 Å². The predicted octanol–water partition coefficient (Wildman–Crippen LogP) is 4.35. The molecule has 3 aromatic rings. The van der Waals surface area contributed by atoms with Crippen LogP contribution in [0.1, 0.15) is 34.8 Å². The monoisotopic (exact) mass is 320 g/mol. The van der Waals surface area contributed by atoms with Gasteiger partial charge in [0.1, 0.15) is 5.82 Å². The number of hydrogen-bond acceptors (Lipinski definition) is 2. The molecule has 4 rings (SSSR count). The number of fused-ring (bicyclic) bond motifs is 1. The lowest BCUT2D eigenvalue weighted by molar-refractivity contribution is 0.0737. The van der Waals surface area contributed by atoms with Gasteiger partial charge in [-0.3, -0.25) is 9.78 Å². The van der Waals surface area contributed by atoms with Crippen molar-refractivity contribution in [2.24, 2.45) is 0 Å². The summed E-state index contributed by atoms with van der Waals surface area (Å²) in [6.07, 6.45) is 3.56. The van der Waals surface area contributed by atoms with E-state index in [0.717, 1.165) is 29.3 Å². The van der Waals surface area contributed by atoms with Crippen LogP contribution in [0.3, 0.4) is 0 Å². The normalized spacial score (nSPS) is 17.4. The molecular weight excluding hydrogens is 303 g/mol. The van der Waals surface area contributed by atoms with Gasteiger partial charge >= 0.3 is 0 Å². The van der Waals surface area contributed by atoms with Gasteiger partial charge in [0.15, 0.2) is 0 Å². The number of rotatable bonds is 2. The number of para-hydroxylation sites is 1. The molecule has 2 aromatic carbocycles. The minimum atomic E-state index is -0.257. The van der Waals surface area contributed by atoms with Crippen LogP contribution in [0.2, 0.25) is 0 Å². The van der Waals surface area contributed by atoms with Crippen LogP contribution in [0, 0.1) is 5.82 Å². The second kappa shape index (κ2) is 6.04. The zero-order valence-electron chi connectivity index (χ0n) is 13.2. The Bertz CT molecular complexity index is 886. The van der Waals surface area contributed by atoms with Crippen LogP contribution in [0.15, 0.2) is 60.8 Å². The summed E-state index contributed by atoms with van der Waals surface area (Å²) in [6.45, 7) is 0.712. The number of aromatic nitrogens is 1. The molecule has 1 aliphatic heterocycles. The third-order valence-corrected chi connectivity index (χ3v) is 4.63. The van der Waals surface area contributed by atoms with Crippen LogP contribution >= 0.6 is 0 Å². The van der Waals surface area contributed by atoms with Crippen molar-refractivity contribution in [1.29, 1.82) is 0 Å². The molecule has 2 heterocycles. The highest BCUT2D eigenvalue weighted by molar-refractivity contribution is 6.05. The zero-order chi connectivity index (χ0) is 16.5. The molecule has 1 aliphatic rings. The summed E-state index contributed by atoms with van der Waals surface area (Å²) >= 11 is 0. The Balaban J connectivity index is 1.71. The van der Waals surface area contributed by atoms with Gasteiger partial charge in [-0.1, -0.05) is 30.3 Å². The van der Waals surface area contributed by atoms with Crippen molar-refractivity contribution in [1.82, 2.24) is 9.88 Å². The standard InChI is InChI=1S/C20H17FN2O/c21-16-10-8-14(9-11-16)18-7-3-13-23(18)20(24)17-6-1-4-15-5-2-12-22-19(15)17/h1-2,4-6,8-12,18H,3,7,13H2. The molecule has 0 saturated carbocycles. The van der Waals surface area contributed by atoms with E-state index in [-0.39, 0.29) is 17.8 Å². The lowest BCUT2D eigenvalue weighted by Crippen LogP contribution is -2.30. The van der Waals surface area contributed by atoms with E-state index in [1.54, 1.807) is 18.3 Å². The minimum Gasteiger partial charge on any atom is -0.332 e. The number of amides is 1.